The fraction of sp³-hybridized carbons (Fsp3) is 0.615. The van der Waals surface area contributed by atoms with Gasteiger partial charge in [-0.15, -0.1) is 11.3 Å². The number of nitrogens with zero attached hydrogens (tertiary/aromatic N) is 1. The Bertz CT molecular complexity index is 628. The fourth-order valence-corrected chi connectivity index (χ4v) is 5.14. The average Bonchev–Trinajstić information content (AvgIpc) is 3.14. The molecular formula is C13H18N2O4S2. The molecule has 0 spiro atoms. The molecule has 3 rings (SSSR count). The molecule has 21 heavy (non-hydrogen) atoms. The van der Waals surface area contributed by atoms with Crippen LogP contribution in [0.15, 0.2) is 15.7 Å². The zero-order chi connectivity index (χ0) is 15.0. The van der Waals surface area contributed by atoms with Gasteiger partial charge in [-0.2, -0.15) is 0 Å². The van der Waals surface area contributed by atoms with Crippen molar-refractivity contribution in [3.63, 3.8) is 0 Å². The van der Waals surface area contributed by atoms with Gasteiger partial charge in [0, 0.05) is 17.5 Å². The summed E-state index contributed by atoms with van der Waals surface area (Å²) < 4.78 is 27.3. The summed E-state index contributed by atoms with van der Waals surface area (Å²) in [5, 5.41) is 10.2. The molecule has 0 radical (unpaired) electrons. The SMILES string of the molecule is O=C(O)c1csc(S(=O)(=O)NC2CCN(C3CC3)CC2)c1. The molecular weight excluding hydrogens is 312 g/mol. The van der Waals surface area contributed by atoms with Crippen molar-refractivity contribution in [1.29, 1.82) is 0 Å². The van der Waals surface area contributed by atoms with Crippen LogP contribution in [0, 0.1) is 0 Å². The molecule has 1 aromatic rings. The minimum atomic E-state index is -3.61. The van der Waals surface area contributed by atoms with Gasteiger partial charge >= 0.3 is 5.97 Å². The molecule has 1 aliphatic heterocycles. The molecule has 8 heteroatoms. The summed E-state index contributed by atoms with van der Waals surface area (Å²) >= 11 is 0.947. The van der Waals surface area contributed by atoms with Crippen LogP contribution in [0.2, 0.25) is 0 Å². The lowest BCUT2D eigenvalue weighted by Gasteiger charge is -2.32. The minimum Gasteiger partial charge on any atom is -0.478 e. The predicted molar refractivity (Wildman–Crippen MR) is 79.2 cm³/mol. The summed E-state index contributed by atoms with van der Waals surface area (Å²) in [6.07, 6.45) is 4.16. The lowest BCUT2D eigenvalue weighted by Crippen LogP contribution is -2.45. The molecule has 1 saturated heterocycles. The van der Waals surface area contributed by atoms with Gasteiger partial charge in [-0.1, -0.05) is 0 Å². The van der Waals surface area contributed by atoms with E-state index in [1.165, 1.54) is 24.3 Å². The number of nitrogens with one attached hydrogen (secondary N) is 1. The maximum atomic E-state index is 12.3. The summed E-state index contributed by atoms with van der Waals surface area (Å²) in [6, 6.07) is 1.88. The third-order valence-corrected chi connectivity index (χ3v) is 6.96. The van der Waals surface area contributed by atoms with Crippen LogP contribution in [0.1, 0.15) is 36.0 Å². The largest absolute Gasteiger partial charge is 0.478 e. The van der Waals surface area contributed by atoms with Crippen molar-refractivity contribution < 1.29 is 18.3 Å². The highest BCUT2D eigenvalue weighted by atomic mass is 32.2. The number of sulfonamides is 1. The number of thiophene rings is 1. The van der Waals surface area contributed by atoms with Crippen molar-refractivity contribution in [2.75, 3.05) is 13.1 Å². The van der Waals surface area contributed by atoms with Crippen LogP contribution in [0.5, 0.6) is 0 Å². The highest BCUT2D eigenvalue weighted by Gasteiger charge is 2.33. The molecule has 6 nitrogen and oxygen atoms in total. The number of carbonyl (C=O) groups is 1. The molecule has 2 aliphatic rings. The first-order chi connectivity index (χ1) is 9.95. The zero-order valence-corrected chi connectivity index (χ0v) is 13.1. The van der Waals surface area contributed by atoms with E-state index in [2.05, 4.69) is 9.62 Å². The summed E-state index contributed by atoms with van der Waals surface area (Å²) in [6.45, 7) is 1.87. The van der Waals surface area contributed by atoms with E-state index in [-0.39, 0.29) is 15.8 Å². The van der Waals surface area contributed by atoms with E-state index in [1.807, 2.05) is 0 Å². The van der Waals surface area contributed by atoms with Gasteiger partial charge in [-0.25, -0.2) is 17.9 Å². The highest BCUT2D eigenvalue weighted by molar-refractivity contribution is 7.91. The number of rotatable bonds is 5. The van der Waals surface area contributed by atoms with Crippen LogP contribution in [0.3, 0.4) is 0 Å². The lowest BCUT2D eigenvalue weighted by atomic mass is 10.1. The van der Waals surface area contributed by atoms with Crippen molar-refractivity contribution >= 4 is 27.3 Å². The van der Waals surface area contributed by atoms with Gasteiger partial charge in [0.2, 0.25) is 10.0 Å². The van der Waals surface area contributed by atoms with Gasteiger partial charge in [0.15, 0.2) is 0 Å². The Labute approximate surface area is 127 Å². The topological polar surface area (TPSA) is 86.7 Å². The van der Waals surface area contributed by atoms with Crippen LogP contribution in [0.25, 0.3) is 0 Å². The monoisotopic (exact) mass is 330 g/mol. The van der Waals surface area contributed by atoms with Crippen LogP contribution in [0.4, 0.5) is 0 Å². The Morgan fingerprint density at radius 3 is 2.48 bits per heavy atom. The first-order valence-corrected chi connectivity index (χ1v) is 9.40. The molecule has 0 atom stereocenters. The highest BCUT2D eigenvalue weighted by Crippen LogP contribution is 2.29. The van der Waals surface area contributed by atoms with Crippen molar-refractivity contribution in [2.45, 2.75) is 42.0 Å². The van der Waals surface area contributed by atoms with Gasteiger partial charge in [-0.05, 0) is 44.8 Å². The van der Waals surface area contributed by atoms with E-state index in [4.69, 9.17) is 5.11 Å². The van der Waals surface area contributed by atoms with Crippen LogP contribution >= 0.6 is 11.3 Å². The van der Waals surface area contributed by atoms with E-state index in [1.54, 1.807) is 0 Å². The molecule has 1 aliphatic carbocycles. The van der Waals surface area contributed by atoms with E-state index in [0.29, 0.717) is 0 Å². The van der Waals surface area contributed by atoms with E-state index in [9.17, 15) is 13.2 Å². The summed E-state index contributed by atoms with van der Waals surface area (Å²) in [5.74, 6) is -1.11. The van der Waals surface area contributed by atoms with E-state index in [0.717, 1.165) is 43.3 Å². The maximum Gasteiger partial charge on any atom is 0.336 e. The number of likely N-dealkylation sites (tertiary alicyclic amines) is 1. The Morgan fingerprint density at radius 1 is 1.29 bits per heavy atom. The number of hydrogen-bond donors (Lipinski definition) is 2. The quantitative estimate of drug-likeness (QED) is 0.851. The van der Waals surface area contributed by atoms with Gasteiger partial charge in [-0.3, -0.25) is 0 Å². The number of carboxylic acid groups (broad SMARTS) is 1. The van der Waals surface area contributed by atoms with E-state index < -0.39 is 16.0 Å². The molecule has 0 unspecified atom stereocenters. The summed E-state index contributed by atoms with van der Waals surface area (Å²) in [5.41, 5.74) is 0.0175. The fourth-order valence-electron chi connectivity index (χ4n) is 2.67. The van der Waals surface area contributed by atoms with Crippen LogP contribution in [-0.2, 0) is 10.0 Å². The molecule has 1 saturated carbocycles. The van der Waals surface area contributed by atoms with Crippen molar-refractivity contribution in [3.8, 4) is 0 Å². The molecule has 1 aromatic heterocycles. The van der Waals surface area contributed by atoms with Crippen molar-refractivity contribution in [2.24, 2.45) is 0 Å². The first-order valence-electron chi connectivity index (χ1n) is 7.04. The smallest absolute Gasteiger partial charge is 0.336 e. The second-order valence-electron chi connectivity index (χ2n) is 5.62. The van der Waals surface area contributed by atoms with Crippen molar-refractivity contribution in [3.05, 3.63) is 17.0 Å². The number of piperidine rings is 1. The zero-order valence-electron chi connectivity index (χ0n) is 11.5. The van der Waals surface area contributed by atoms with Crippen molar-refractivity contribution in [1.82, 2.24) is 9.62 Å². The predicted octanol–water partition coefficient (Wildman–Crippen LogP) is 1.35. The Kier molecular flexibility index (Phi) is 4.04. The lowest BCUT2D eigenvalue weighted by molar-refractivity contribution is 0.0697. The standard InChI is InChI=1S/C13H18N2O4S2/c16-13(17)9-7-12(20-8-9)21(18,19)14-10-3-5-15(6-4-10)11-1-2-11/h7-8,10-11,14H,1-6H2,(H,16,17). The molecule has 0 bridgehead atoms. The van der Waals surface area contributed by atoms with Crippen LogP contribution < -0.4 is 4.72 Å². The minimum absolute atomic E-state index is 0.0175. The number of aromatic carboxylic acids is 1. The molecule has 0 aromatic carbocycles. The van der Waals surface area contributed by atoms with E-state index >= 15 is 0 Å². The summed E-state index contributed by atoms with van der Waals surface area (Å²) in [4.78, 5) is 13.3. The molecule has 2 fully saturated rings. The second-order valence-corrected chi connectivity index (χ2v) is 8.47. The molecule has 2 N–H and O–H groups in total. The molecule has 0 amide bonds. The van der Waals surface area contributed by atoms with Crippen LogP contribution in [-0.4, -0.2) is 49.6 Å². The van der Waals surface area contributed by atoms with Gasteiger partial charge < -0.3 is 10.0 Å². The third kappa shape index (κ3) is 3.45. The average molecular weight is 330 g/mol. The van der Waals surface area contributed by atoms with Gasteiger partial charge in [0.05, 0.1) is 5.56 Å². The second kappa shape index (κ2) is 5.68. The normalized spacial score (nSPS) is 21.5. The summed E-state index contributed by atoms with van der Waals surface area (Å²) in [7, 11) is -3.61. The van der Waals surface area contributed by atoms with Gasteiger partial charge in [0.1, 0.15) is 4.21 Å². The number of hydrogen-bond acceptors (Lipinski definition) is 5. The number of carboxylic acids is 1. The Hall–Kier alpha value is -0.960. The maximum absolute atomic E-state index is 12.3. The van der Waals surface area contributed by atoms with Gasteiger partial charge in [0.25, 0.3) is 0 Å². The Morgan fingerprint density at radius 2 is 1.95 bits per heavy atom. The Balaban J connectivity index is 1.61. The third-order valence-electron chi connectivity index (χ3n) is 4.00. The molecule has 116 valence electrons. The first kappa shape index (κ1) is 15.0. The molecule has 2 heterocycles.